The highest BCUT2D eigenvalue weighted by Crippen LogP contribution is 2.31. The number of carbonyl (C=O) groups excluding carboxylic acids is 1. The fourth-order valence-corrected chi connectivity index (χ4v) is 4.04. The molecule has 1 fully saturated rings. The molecule has 1 heterocycles. The Hall–Kier alpha value is -0.0900. The van der Waals surface area contributed by atoms with Crippen LogP contribution < -0.4 is 0 Å². The van der Waals surface area contributed by atoms with E-state index in [0.29, 0.717) is 3.57 Å². The minimum absolute atomic E-state index is 0.00698. The van der Waals surface area contributed by atoms with Gasteiger partial charge in [0.05, 0.1) is 3.57 Å². The Labute approximate surface area is 146 Å². The highest BCUT2D eigenvalue weighted by atomic mass is 127. The third-order valence-corrected chi connectivity index (χ3v) is 5.08. The van der Waals surface area contributed by atoms with Gasteiger partial charge < -0.3 is 14.7 Å². The average molecular weight is 501 g/mol. The number of aromatic hydroxyl groups is 1. The van der Waals surface area contributed by atoms with E-state index in [0.717, 1.165) is 29.5 Å². The molecule has 0 unspecified atom stereocenters. The summed E-state index contributed by atoms with van der Waals surface area (Å²) in [5.74, 6) is -0.432. The standard InChI is InChI=1S/C14H17I2NO3/c1-14(3-5-17(2)6-4-14)20-13(19)10-7-9(15)8-11(16)12(10)18/h7-8,18H,3-6H2,1-2H3. The van der Waals surface area contributed by atoms with Crippen molar-refractivity contribution >= 4 is 51.2 Å². The number of carbonyl (C=O) groups is 1. The van der Waals surface area contributed by atoms with Crippen molar-refractivity contribution in [3.63, 3.8) is 0 Å². The van der Waals surface area contributed by atoms with E-state index in [1.54, 1.807) is 6.07 Å². The van der Waals surface area contributed by atoms with Crippen LogP contribution in [0.2, 0.25) is 0 Å². The van der Waals surface area contributed by atoms with E-state index in [1.807, 2.05) is 35.6 Å². The van der Waals surface area contributed by atoms with E-state index in [4.69, 9.17) is 4.74 Å². The Morgan fingerprint density at radius 3 is 2.55 bits per heavy atom. The van der Waals surface area contributed by atoms with Crippen LogP contribution in [0, 0.1) is 7.14 Å². The maximum Gasteiger partial charge on any atom is 0.342 e. The molecule has 0 aliphatic carbocycles. The Kier molecular flexibility index (Phi) is 5.17. The molecule has 4 nitrogen and oxygen atoms in total. The van der Waals surface area contributed by atoms with Crippen LogP contribution in [0.15, 0.2) is 12.1 Å². The molecule has 2 rings (SSSR count). The first-order valence-corrected chi connectivity index (χ1v) is 8.56. The molecule has 1 aliphatic rings. The van der Waals surface area contributed by atoms with Crippen molar-refractivity contribution in [3.8, 4) is 5.75 Å². The molecule has 0 atom stereocenters. The van der Waals surface area contributed by atoms with Crippen molar-refractivity contribution in [3.05, 3.63) is 24.8 Å². The molecule has 0 amide bonds. The van der Waals surface area contributed by atoms with Gasteiger partial charge in [-0.2, -0.15) is 0 Å². The summed E-state index contributed by atoms with van der Waals surface area (Å²) in [6, 6.07) is 3.49. The minimum atomic E-state index is -0.442. The predicted octanol–water partition coefficient (Wildman–Crippen LogP) is 3.24. The summed E-state index contributed by atoms with van der Waals surface area (Å²) < 4.78 is 7.24. The second-order valence-electron chi connectivity index (χ2n) is 5.43. The summed E-state index contributed by atoms with van der Waals surface area (Å²) in [5.41, 5.74) is -0.190. The van der Waals surface area contributed by atoms with Gasteiger partial charge >= 0.3 is 5.97 Å². The Morgan fingerprint density at radius 1 is 1.35 bits per heavy atom. The van der Waals surface area contributed by atoms with Crippen LogP contribution in [-0.2, 0) is 4.74 Å². The predicted molar refractivity (Wildman–Crippen MR) is 94.1 cm³/mol. The number of rotatable bonds is 2. The van der Waals surface area contributed by atoms with Crippen molar-refractivity contribution in [2.24, 2.45) is 0 Å². The number of phenols is 1. The van der Waals surface area contributed by atoms with Crippen LogP contribution in [0.25, 0.3) is 0 Å². The second-order valence-corrected chi connectivity index (χ2v) is 7.83. The molecule has 0 radical (unpaired) electrons. The summed E-state index contributed by atoms with van der Waals surface area (Å²) in [6.45, 7) is 3.80. The molecular formula is C14H17I2NO3. The van der Waals surface area contributed by atoms with Crippen molar-refractivity contribution in [2.45, 2.75) is 25.4 Å². The van der Waals surface area contributed by atoms with Crippen molar-refractivity contribution < 1.29 is 14.6 Å². The van der Waals surface area contributed by atoms with Crippen LogP contribution in [0.1, 0.15) is 30.1 Å². The van der Waals surface area contributed by atoms with Crippen LogP contribution in [0.5, 0.6) is 5.75 Å². The van der Waals surface area contributed by atoms with Gasteiger partial charge in [-0.1, -0.05) is 0 Å². The molecule has 1 aromatic rings. The maximum absolute atomic E-state index is 12.3. The zero-order valence-corrected chi connectivity index (χ0v) is 15.8. The lowest BCUT2D eigenvalue weighted by Gasteiger charge is -2.37. The number of nitrogens with zero attached hydrogens (tertiary/aromatic N) is 1. The van der Waals surface area contributed by atoms with E-state index in [2.05, 4.69) is 34.5 Å². The number of phenolic OH excluding ortho intramolecular Hbond substituents is 1. The largest absolute Gasteiger partial charge is 0.506 e. The molecular weight excluding hydrogens is 484 g/mol. The third-order valence-electron chi connectivity index (χ3n) is 3.63. The van der Waals surface area contributed by atoms with Crippen molar-refractivity contribution in [1.29, 1.82) is 0 Å². The second kappa shape index (κ2) is 6.35. The van der Waals surface area contributed by atoms with Gasteiger partial charge in [-0.25, -0.2) is 4.79 Å². The summed E-state index contributed by atoms with van der Waals surface area (Å²) >= 11 is 4.14. The summed E-state index contributed by atoms with van der Waals surface area (Å²) in [5, 5.41) is 10.0. The Morgan fingerprint density at radius 2 is 1.95 bits per heavy atom. The highest BCUT2D eigenvalue weighted by molar-refractivity contribution is 14.1. The van der Waals surface area contributed by atoms with E-state index in [9.17, 15) is 9.90 Å². The first-order valence-electron chi connectivity index (χ1n) is 6.41. The molecule has 20 heavy (non-hydrogen) atoms. The molecule has 1 saturated heterocycles. The topological polar surface area (TPSA) is 49.8 Å². The van der Waals surface area contributed by atoms with E-state index >= 15 is 0 Å². The molecule has 0 aromatic heterocycles. The molecule has 0 bridgehead atoms. The van der Waals surface area contributed by atoms with Crippen LogP contribution in [0.4, 0.5) is 0 Å². The van der Waals surface area contributed by atoms with Gasteiger partial charge in [0.1, 0.15) is 16.9 Å². The van der Waals surface area contributed by atoms with Crippen LogP contribution in [0.3, 0.4) is 0 Å². The lowest BCUT2D eigenvalue weighted by Crippen LogP contribution is -2.43. The average Bonchev–Trinajstić information content (AvgIpc) is 2.37. The third kappa shape index (κ3) is 3.76. The van der Waals surface area contributed by atoms with Gasteiger partial charge in [-0.3, -0.25) is 0 Å². The van der Waals surface area contributed by atoms with Gasteiger partial charge in [0.15, 0.2) is 0 Å². The monoisotopic (exact) mass is 501 g/mol. The Balaban J connectivity index is 2.16. The van der Waals surface area contributed by atoms with Gasteiger partial charge in [0.25, 0.3) is 0 Å². The van der Waals surface area contributed by atoms with Crippen LogP contribution in [-0.4, -0.2) is 41.7 Å². The molecule has 6 heteroatoms. The van der Waals surface area contributed by atoms with E-state index in [1.165, 1.54) is 0 Å². The number of ether oxygens (including phenoxy) is 1. The normalized spacial score (nSPS) is 18.8. The lowest BCUT2D eigenvalue weighted by atomic mass is 9.93. The SMILES string of the molecule is CN1CCC(C)(OC(=O)c2cc(I)cc(I)c2O)CC1. The fourth-order valence-electron chi connectivity index (χ4n) is 2.19. The number of esters is 1. The maximum atomic E-state index is 12.3. The van der Waals surface area contributed by atoms with Gasteiger partial charge in [-0.15, -0.1) is 0 Å². The minimum Gasteiger partial charge on any atom is -0.506 e. The number of halogens is 2. The van der Waals surface area contributed by atoms with Gasteiger partial charge in [0.2, 0.25) is 0 Å². The zero-order valence-electron chi connectivity index (χ0n) is 11.4. The van der Waals surface area contributed by atoms with Crippen molar-refractivity contribution in [2.75, 3.05) is 20.1 Å². The summed E-state index contributed by atoms with van der Waals surface area (Å²) in [7, 11) is 2.06. The highest BCUT2D eigenvalue weighted by Gasteiger charge is 2.33. The number of benzene rings is 1. The Bertz CT molecular complexity index is 525. The number of likely N-dealkylation sites (tertiary alicyclic amines) is 1. The number of piperidine rings is 1. The van der Waals surface area contributed by atoms with Gasteiger partial charge in [0, 0.05) is 16.7 Å². The molecule has 1 aliphatic heterocycles. The number of hydrogen-bond donors (Lipinski definition) is 1. The summed E-state index contributed by atoms with van der Waals surface area (Å²) in [4.78, 5) is 14.5. The summed E-state index contributed by atoms with van der Waals surface area (Å²) in [6.07, 6.45) is 1.63. The van der Waals surface area contributed by atoms with E-state index < -0.39 is 11.6 Å². The van der Waals surface area contributed by atoms with E-state index in [-0.39, 0.29) is 11.3 Å². The lowest BCUT2D eigenvalue weighted by molar-refractivity contribution is -0.0374. The quantitative estimate of drug-likeness (QED) is 0.500. The number of hydrogen-bond acceptors (Lipinski definition) is 4. The zero-order chi connectivity index (χ0) is 14.9. The van der Waals surface area contributed by atoms with Crippen molar-refractivity contribution in [1.82, 2.24) is 4.90 Å². The molecule has 1 N–H and O–H groups in total. The van der Waals surface area contributed by atoms with Crippen LogP contribution >= 0.6 is 45.2 Å². The molecule has 1 aromatic carbocycles. The fraction of sp³-hybridized carbons (Fsp3) is 0.500. The van der Waals surface area contributed by atoms with Gasteiger partial charge in [-0.05, 0) is 84.1 Å². The first-order chi connectivity index (χ1) is 9.31. The smallest absolute Gasteiger partial charge is 0.342 e. The molecule has 0 spiro atoms. The first kappa shape index (κ1) is 16.3. The molecule has 0 saturated carbocycles. The molecule has 110 valence electrons.